The number of carbonyl (C=O) groups is 2. The van der Waals surface area contributed by atoms with E-state index in [1.54, 1.807) is 23.0 Å². The molecule has 0 radical (unpaired) electrons. The van der Waals surface area contributed by atoms with Crippen LogP contribution in [0.1, 0.15) is 29.6 Å². The van der Waals surface area contributed by atoms with Gasteiger partial charge in [0.1, 0.15) is 12.1 Å². The molecule has 2 aromatic heterocycles. The highest BCUT2D eigenvalue weighted by Crippen LogP contribution is 2.34. The van der Waals surface area contributed by atoms with Crippen molar-refractivity contribution in [3.05, 3.63) is 54.4 Å². The summed E-state index contributed by atoms with van der Waals surface area (Å²) in [6.45, 7) is 1.52. The molecule has 1 aromatic carbocycles. The molecule has 3 aliphatic heterocycles. The van der Waals surface area contributed by atoms with Crippen LogP contribution in [0.2, 0.25) is 0 Å². The molecule has 8 nitrogen and oxygen atoms in total. The van der Waals surface area contributed by atoms with Crippen LogP contribution < -0.4 is 4.90 Å². The fourth-order valence-electron chi connectivity index (χ4n) is 4.21. The van der Waals surface area contributed by atoms with Gasteiger partial charge in [-0.15, -0.1) is 15.3 Å². The number of rotatable bonds is 5. The topological polar surface area (TPSA) is 83.7 Å². The number of piperidine rings is 1. The molecule has 8 heteroatoms. The molecule has 6 rings (SSSR count). The summed E-state index contributed by atoms with van der Waals surface area (Å²) < 4.78 is 1.66. The zero-order chi connectivity index (χ0) is 19.1. The minimum Gasteiger partial charge on any atom is -0.351 e. The molecule has 5 heterocycles. The molecule has 0 saturated carbocycles. The number of nitrogens with zero attached hydrogens (tertiary/aromatic N) is 6. The first-order valence-corrected chi connectivity index (χ1v) is 9.50. The summed E-state index contributed by atoms with van der Waals surface area (Å²) in [5, 5.41) is 12.4. The van der Waals surface area contributed by atoms with E-state index in [2.05, 4.69) is 20.2 Å². The highest BCUT2D eigenvalue weighted by atomic mass is 16.2. The van der Waals surface area contributed by atoms with Gasteiger partial charge < -0.3 is 9.80 Å². The lowest BCUT2D eigenvalue weighted by atomic mass is 9.86. The minimum atomic E-state index is 0.0210. The van der Waals surface area contributed by atoms with Gasteiger partial charge in [0.2, 0.25) is 5.91 Å². The lowest BCUT2D eigenvalue weighted by molar-refractivity contribution is -0.146. The van der Waals surface area contributed by atoms with Crippen molar-refractivity contribution in [2.75, 3.05) is 18.0 Å². The van der Waals surface area contributed by atoms with E-state index < -0.39 is 0 Å². The third kappa shape index (κ3) is 2.90. The van der Waals surface area contributed by atoms with Gasteiger partial charge in [0.25, 0.3) is 0 Å². The van der Waals surface area contributed by atoms with Gasteiger partial charge in [0.15, 0.2) is 11.4 Å². The maximum atomic E-state index is 12.7. The Hall–Kier alpha value is -3.29. The lowest BCUT2D eigenvalue weighted by Gasteiger charge is -2.56. The Morgan fingerprint density at radius 1 is 1.00 bits per heavy atom. The number of hydrogen-bond donors (Lipinski definition) is 0. The molecule has 3 aromatic rings. The smallest absolute Gasteiger partial charge is 0.223 e. The number of hydrogen-bond acceptors (Lipinski definition) is 6. The molecule has 2 atom stereocenters. The van der Waals surface area contributed by atoms with E-state index in [1.165, 1.54) is 0 Å². The van der Waals surface area contributed by atoms with Crippen LogP contribution in [0.3, 0.4) is 0 Å². The van der Waals surface area contributed by atoms with Crippen molar-refractivity contribution in [3.8, 4) is 0 Å². The van der Waals surface area contributed by atoms with Gasteiger partial charge in [0, 0.05) is 31.5 Å². The summed E-state index contributed by atoms with van der Waals surface area (Å²) in [6, 6.07) is 13.4. The standard InChI is InChI=1S/C20H20N6O2/c27-17(14-4-2-1-3-5-14)6-9-20(28)26-15-10-16(26)12-24(11-15)19-8-7-18-22-21-13-25(18)23-19/h1-5,7-8,13,15-16H,6,9-12H2. The molecular weight excluding hydrogens is 356 g/mol. The van der Waals surface area contributed by atoms with Crippen molar-refractivity contribution in [1.29, 1.82) is 0 Å². The Labute approximate surface area is 161 Å². The van der Waals surface area contributed by atoms with E-state index in [4.69, 9.17) is 0 Å². The molecule has 142 valence electrons. The Balaban J connectivity index is 1.20. The maximum absolute atomic E-state index is 12.7. The highest BCUT2D eigenvalue weighted by Gasteiger charge is 2.47. The first kappa shape index (κ1) is 16.9. The SMILES string of the molecule is O=C(CCC(=O)N1C2CC1CN(c1ccc3nncn3n1)C2)c1ccccc1. The van der Waals surface area contributed by atoms with Crippen LogP contribution in [0.5, 0.6) is 0 Å². The van der Waals surface area contributed by atoms with E-state index in [1.807, 2.05) is 35.2 Å². The molecule has 0 aliphatic carbocycles. The largest absolute Gasteiger partial charge is 0.351 e. The molecule has 2 unspecified atom stereocenters. The maximum Gasteiger partial charge on any atom is 0.223 e. The average Bonchev–Trinajstić information content (AvgIpc) is 3.20. The van der Waals surface area contributed by atoms with E-state index in [0.717, 1.165) is 25.3 Å². The molecule has 2 bridgehead atoms. The van der Waals surface area contributed by atoms with Gasteiger partial charge >= 0.3 is 0 Å². The summed E-state index contributed by atoms with van der Waals surface area (Å²) in [4.78, 5) is 29.1. The first-order chi connectivity index (χ1) is 13.7. The van der Waals surface area contributed by atoms with E-state index in [-0.39, 0.29) is 36.6 Å². The van der Waals surface area contributed by atoms with Gasteiger partial charge in [-0.3, -0.25) is 9.59 Å². The number of fused-ring (bicyclic) bond motifs is 3. The van der Waals surface area contributed by atoms with Crippen LogP contribution in [0.4, 0.5) is 5.82 Å². The summed E-state index contributed by atoms with van der Waals surface area (Å²) in [5.41, 5.74) is 1.38. The highest BCUT2D eigenvalue weighted by molar-refractivity contribution is 5.98. The summed E-state index contributed by atoms with van der Waals surface area (Å²) in [6.07, 6.45) is 3.13. The fourth-order valence-corrected chi connectivity index (χ4v) is 4.21. The fraction of sp³-hybridized carbons (Fsp3) is 0.350. The Morgan fingerprint density at radius 2 is 1.79 bits per heavy atom. The third-order valence-electron chi connectivity index (χ3n) is 5.61. The first-order valence-electron chi connectivity index (χ1n) is 9.50. The number of ketones is 1. The number of amides is 1. The quantitative estimate of drug-likeness (QED) is 0.629. The molecule has 0 N–H and O–H groups in total. The van der Waals surface area contributed by atoms with E-state index in [0.29, 0.717) is 11.2 Å². The number of aromatic nitrogens is 4. The Morgan fingerprint density at radius 3 is 2.57 bits per heavy atom. The van der Waals surface area contributed by atoms with Crippen molar-refractivity contribution in [1.82, 2.24) is 24.7 Å². The number of benzene rings is 1. The summed E-state index contributed by atoms with van der Waals surface area (Å²) >= 11 is 0. The normalized spacial score (nSPS) is 20.9. The van der Waals surface area contributed by atoms with Crippen LogP contribution >= 0.6 is 0 Å². The van der Waals surface area contributed by atoms with Gasteiger partial charge in [-0.1, -0.05) is 30.3 Å². The van der Waals surface area contributed by atoms with Crippen molar-refractivity contribution in [2.24, 2.45) is 0 Å². The zero-order valence-electron chi connectivity index (χ0n) is 15.3. The summed E-state index contributed by atoms with van der Waals surface area (Å²) in [7, 11) is 0. The summed E-state index contributed by atoms with van der Waals surface area (Å²) in [5.74, 6) is 0.966. The van der Waals surface area contributed by atoms with Gasteiger partial charge in [-0.25, -0.2) is 0 Å². The lowest BCUT2D eigenvalue weighted by Crippen LogP contribution is -2.70. The van der Waals surface area contributed by atoms with Crippen LogP contribution in [0.15, 0.2) is 48.8 Å². The van der Waals surface area contributed by atoms with E-state index in [9.17, 15) is 9.59 Å². The molecule has 28 heavy (non-hydrogen) atoms. The molecule has 1 amide bonds. The number of carbonyl (C=O) groups excluding carboxylic acids is 2. The number of Topliss-reactive ketones (excluding diaryl/α,β-unsaturated/α-hetero) is 1. The monoisotopic (exact) mass is 376 g/mol. The van der Waals surface area contributed by atoms with Crippen molar-refractivity contribution >= 4 is 23.2 Å². The molecule has 3 aliphatic rings. The van der Waals surface area contributed by atoms with Crippen molar-refractivity contribution < 1.29 is 9.59 Å². The number of anilines is 1. The number of piperazine rings is 1. The van der Waals surface area contributed by atoms with Crippen LogP contribution in [0.25, 0.3) is 5.65 Å². The van der Waals surface area contributed by atoms with Crippen molar-refractivity contribution in [2.45, 2.75) is 31.3 Å². The van der Waals surface area contributed by atoms with Crippen LogP contribution in [-0.4, -0.2) is 61.6 Å². The molecule has 3 fully saturated rings. The van der Waals surface area contributed by atoms with Crippen LogP contribution in [-0.2, 0) is 4.79 Å². The second-order valence-electron chi connectivity index (χ2n) is 7.36. The predicted molar refractivity (Wildman–Crippen MR) is 102 cm³/mol. The average molecular weight is 376 g/mol. The Kier molecular flexibility index (Phi) is 4.03. The second kappa shape index (κ2) is 6.70. The minimum absolute atomic E-state index is 0.0210. The molecule has 0 spiro atoms. The van der Waals surface area contributed by atoms with Gasteiger partial charge in [-0.2, -0.15) is 4.52 Å². The van der Waals surface area contributed by atoms with Crippen LogP contribution in [0, 0.1) is 0 Å². The van der Waals surface area contributed by atoms with Gasteiger partial charge in [0.05, 0.1) is 12.1 Å². The van der Waals surface area contributed by atoms with E-state index >= 15 is 0 Å². The molecular formula is C20H20N6O2. The van der Waals surface area contributed by atoms with Gasteiger partial charge in [-0.05, 0) is 18.6 Å². The Bertz CT molecular complexity index is 1020. The molecule has 3 saturated heterocycles. The van der Waals surface area contributed by atoms with Crippen molar-refractivity contribution in [3.63, 3.8) is 0 Å². The zero-order valence-corrected chi connectivity index (χ0v) is 15.3. The second-order valence-corrected chi connectivity index (χ2v) is 7.36. The third-order valence-corrected chi connectivity index (χ3v) is 5.61. The predicted octanol–water partition coefficient (Wildman–Crippen LogP) is 1.58.